The minimum atomic E-state index is -0.493. The molecule has 0 heterocycles. The summed E-state index contributed by atoms with van der Waals surface area (Å²) in [5.74, 6) is -0.357. The molecule has 0 saturated heterocycles. The Balaban J connectivity index is 2.90. The summed E-state index contributed by atoms with van der Waals surface area (Å²) < 4.78 is 0. The normalized spacial score (nSPS) is 11.9. The maximum Gasteiger partial charge on any atom is 0.272 e. The molecule has 0 fully saturated rings. The van der Waals surface area contributed by atoms with Crippen LogP contribution in [0.2, 0.25) is 0 Å². The van der Waals surface area contributed by atoms with Crippen molar-refractivity contribution < 1.29 is 14.8 Å². The first-order valence-electron chi connectivity index (χ1n) is 5.12. The maximum atomic E-state index is 11.7. The average molecular weight is 238 g/mol. The van der Waals surface area contributed by atoms with Crippen LogP contribution in [0.25, 0.3) is 0 Å². The zero-order valence-electron chi connectivity index (χ0n) is 9.64. The van der Waals surface area contributed by atoms with Gasteiger partial charge in [-0.1, -0.05) is 0 Å². The smallest absolute Gasteiger partial charge is 0.272 e. The van der Waals surface area contributed by atoms with Crippen LogP contribution in [0.1, 0.15) is 22.8 Å². The minimum absolute atomic E-state index is 0.0169. The molecule has 1 atom stereocenters. The standard InChI is InChI=1S/C11H14N2O4/c1-7-5-9(3-4-10(7)13(16)17)11(15)12-8(2)6-14/h3-5,8,14H,6H2,1-2H3,(H,12,15). The summed E-state index contributed by atoms with van der Waals surface area (Å²) in [6.45, 7) is 3.08. The summed E-state index contributed by atoms with van der Waals surface area (Å²) >= 11 is 0. The predicted octanol–water partition coefficient (Wildman–Crippen LogP) is 1.01. The third kappa shape index (κ3) is 3.25. The van der Waals surface area contributed by atoms with Crippen molar-refractivity contribution in [1.29, 1.82) is 0 Å². The minimum Gasteiger partial charge on any atom is -0.394 e. The number of aliphatic hydroxyl groups is 1. The van der Waals surface area contributed by atoms with Crippen LogP contribution < -0.4 is 5.32 Å². The first kappa shape index (κ1) is 13.1. The molecule has 0 aromatic heterocycles. The Morgan fingerprint density at radius 1 is 1.59 bits per heavy atom. The monoisotopic (exact) mass is 238 g/mol. The summed E-state index contributed by atoms with van der Waals surface area (Å²) in [4.78, 5) is 21.8. The lowest BCUT2D eigenvalue weighted by Gasteiger charge is -2.10. The molecule has 0 radical (unpaired) electrons. The second-order valence-electron chi connectivity index (χ2n) is 3.82. The summed E-state index contributed by atoms with van der Waals surface area (Å²) in [5, 5.41) is 22.0. The van der Waals surface area contributed by atoms with Gasteiger partial charge < -0.3 is 10.4 Å². The van der Waals surface area contributed by atoms with Gasteiger partial charge in [-0.05, 0) is 26.0 Å². The molecule has 1 amide bonds. The maximum absolute atomic E-state index is 11.7. The van der Waals surface area contributed by atoms with Crippen molar-refractivity contribution in [3.8, 4) is 0 Å². The Labute approximate surface area is 98.4 Å². The van der Waals surface area contributed by atoms with Gasteiger partial charge in [-0.15, -0.1) is 0 Å². The Morgan fingerprint density at radius 2 is 2.24 bits per heavy atom. The van der Waals surface area contributed by atoms with Crippen molar-refractivity contribution in [2.75, 3.05) is 6.61 Å². The van der Waals surface area contributed by atoms with Crippen molar-refractivity contribution in [3.05, 3.63) is 39.4 Å². The number of hydrogen-bond acceptors (Lipinski definition) is 4. The predicted molar refractivity (Wildman–Crippen MR) is 61.8 cm³/mol. The molecular formula is C11H14N2O4. The lowest BCUT2D eigenvalue weighted by molar-refractivity contribution is -0.385. The second kappa shape index (κ2) is 5.40. The van der Waals surface area contributed by atoms with Gasteiger partial charge in [0.2, 0.25) is 0 Å². The second-order valence-corrected chi connectivity index (χ2v) is 3.82. The van der Waals surface area contributed by atoms with E-state index in [-0.39, 0.29) is 24.2 Å². The number of nitrogens with one attached hydrogen (secondary N) is 1. The molecule has 0 saturated carbocycles. The highest BCUT2D eigenvalue weighted by Crippen LogP contribution is 2.18. The van der Waals surface area contributed by atoms with Crippen LogP contribution in [0.4, 0.5) is 5.69 Å². The van der Waals surface area contributed by atoms with Crippen LogP contribution in [0, 0.1) is 17.0 Å². The number of aryl methyl sites for hydroxylation is 1. The third-order valence-electron chi connectivity index (χ3n) is 2.31. The van der Waals surface area contributed by atoms with Gasteiger partial charge in [0, 0.05) is 23.2 Å². The molecule has 0 aliphatic rings. The van der Waals surface area contributed by atoms with E-state index in [1.54, 1.807) is 13.8 Å². The van der Waals surface area contributed by atoms with E-state index in [0.717, 1.165) is 0 Å². The van der Waals surface area contributed by atoms with Crippen molar-refractivity contribution >= 4 is 11.6 Å². The molecule has 6 heteroatoms. The average Bonchev–Trinajstić information content (AvgIpc) is 2.28. The van der Waals surface area contributed by atoms with Gasteiger partial charge in [-0.3, -0.25) is 14.9 Å². The number of nitro benzene ring substituents is 1. The van der Waals surface area contributed by atoms with Crippen molar-refractivity contribution in [1.82, 2.24) is 5.32 Å². The van der Waals surface area contributed by atoms with E-state index in [1.807, 2.05) is 0 Å². The molecule has 0 aliphatic carbocycles. The molecule has 0 spiro atoms. The molecule has 6 nitrogen and oxygen atoms in total. The van der Waals surface area contributed by atoms with Crippen LogP contribution in [-0.4, -0.2) is 28.6 Å². The topological polar surface area (TPSA) is 92.5 Å². The molecule has 0 aliphatic heterocycles. The number of carbonyl (C=O) groups excluding carboxylic acids is 1. The highest BCUT2D eigenvalue weighted by atomic mass is 16.6. The number of carbonyl (C=O) groups is 1. The summed E-state index contributed by atoms with van der Waals surface area (Å²) in [5.41, 5.74) is 0.754. The lowest BCUT2D eigenvalue weighted by Crippen LogP contribution is -2.35. The third-order valence-corrected chi connectivity index (χ3v) is 2.31. The van der Waals surface area contributed by atoms with Gasteiger partial charge >= 0.3 is 0 Å². The van der Waals surface area contributed by atoms with Crippen molar-refractivity contribution in [2.45, 2.75) is 19.9 Å². The van der Waals surface area contributed by atoms with Crippen molar-refractivity contribution in [2.24, 2.45) is 0 Å². The highest BCUT2D eigenvalue weighted by Gasteiger charge is 2.14. The van der Waals surface area contributed by atoms with Gasteiger partial charge in [0.15, 0.2) is 0 Å². The molecule has 1 unspecified atom stereocenters. The van der Waals surface area contributed by atoms with Gasteiger partial charge in [-0.25, -0.2) is 0 Å². The first-order chi connectivity index (χ1) is 7.95. The fraction of sp³-hybridized carbons (Fsp3) is 0.364. The summed E-state index contributed by atoms with van der Waals surface area (Å²) in [7, 11) is 0. The van der Waals surface area contributed by atoms with Gasteiger partial charge in [-0.2, -0.15) is 0 Å². The van der Waals surface area contributed by atoms with E-state index in [2.05, 4.69) is 5.32 Å². The number of rotatable bonds is 4. The van der Waals surface area contributed by atoms with Gasteiger partial charge in [0.05, 0.1) is 11.5 Å². The fourth-order valence-corrected chi connectivity index (χ4v) is 1.35. The number of benzene rings is 1. The summed E-state index contributed by atoms with van der Waals surface area (Å²) in [6, 6.07) is 3.80. The zero-order valence-corrected chi connectivity index (χ0v) is 9.64. The zero-order chi connectivity index (χ0) is 13.0. The number of nitrogens with zero attached hydrogens (tertiary/aromatic N) is 1. The number of nitro groups is 1. The largest absolute Gasteiger partial charge is 0.394 e. The molecule has 92 valence electrons. The Morgan fingerprint density at radius 3 is 2.71 bits per heavy atom. The number of amides is 1. The van der Waals surface area contributed by atoms with Crippen LogP contribution >= 0.6 is 0 Å². The van der Waals surface area contributed by atoms with E-state index in [9.17, 15) is 14.9 Å². The number of hydrogen-bond donors (Lipinski definition) is 2. The van der Waals surface area contributed by atoms with E-state index >= 15 is 0 Å². The van der Waals surface area contributed by atoms with Crippen molar-refractivity contribution in [3.63, 3.8) is 0 Å². The van der Waals surface area contributed by atoms with Crippen LogP contribution in [0.3, 0.4) is 0 Å². The van der Waals surface area contributed by atoms with Gasteiger partial charge in [0.1, 0.15) is 0 Å². The molecule has 2 N–H and O–H groups in total. The molecule has 1 aromatic rings. The molecule has 0 bridgehead atoms. The molecule has 1 rings (SSSR count). The lowest BCUT2D eigenvalue weighted by atomic mass is 10.1. The highest BCUT2D eigenvalue weighted by molar-refractivity contribution is 5.94. The number of aliphatic hydroxyl groups excluding tert-OH is 1. The fourth-order valence-electron chi connectivity index (χ4n) is 1.35. The molecule has 1 aromatic carbocycles. The Hall–Kier alpha value is -1.95. The molecular weight excluding hydrogens is 224 g/mol. The van der Waals surface area contributed by atoms with Gasteiger partial charge in [0.25, 0.3) is 11.6 Å². The van der Waals surface area contributed by atoms with Crippen LogP contribution in [-0.2, 0) is 0 Å². The van der Waals surface area contributed by atoms with Crippen LogP contribution in [0.15, 0.2) is 18.2 Å². The quantitative estimate of drug-likeness (QED) is 0.605. The van der Waals surface area contributed by atoms with E-state index in [0.29, 0.717) is 11.1 Å². The van der Waals surface area contributed by atoms with E-state index in [4.69, 9.17) is 5.11 Å². The Bertz CT molecular complexity index is 445. The van der Waals surface area contributed by atoms with Crippen LogP contribution in [0.5, 0.6) is 0 Å². The Kier molecular flexibility index (Phi) is 4.17. The summed E-state index contributed by atoms with van der Waals surface area (Å²) in [6.07, 6.45) is 0. The molecule has 17 heavy (non-hydrogen) atoms. The van der Waals surface area contributed by atoms with E-state index < -0.39 is 4.92 Å². The van der Waals surface area contributed by atoms with E-state index in [1.165, 1.54) is 18.2 Å². The first-order valence-corrected chi connectivity index (χ1v) is 5.12. The SMILES string of the molecule is Cc1cc(C(=O)NC(C)CO)ccc1[N+](=O)[O-].